The van der Waals surface area contributed by atoms with Crippen molar-refractivity contribution in [3.8, 4) is 0 Å². The number of carbonyl (C=O) groups is 1. The standard InChI is InChI=1S/C12H8Cl2N4O3/c1-6-2-3-7(18(20)21)4-8(6)12(19)17-11-9(13)10(14)15-5-16-11/h2-5H,1H3,(H,15,16,17,19). The van der Waals surface area contributed by atoms with Crippen LogP contribution in [0, 0.1) is 17.0 Å². The van der Waals surface area contributed by atoms with Gasteiger partial charge in [-0.15, -0.1) is 0 Å². The molecule has 1 amide bonds. The van der Waals surface area contributed by atoms with E-state index >= 15 is 0 Å². The number of carbonyl (C=O) groups excluding carboxylic acids is 1. The zero-order chi connectivity index (χ0) is 15.6. The summed E-state index contributed by atoms with van der Waals surface area (Å²) in [6.45, 7) is 1.66. The summed E-state index contributed by atoms with van der Waals surface area (Å²) in [5, 5.41) is 13.2. The third-order valence-corrected chi connectivity index (χ3v) is 3.40. The molecule has 1 heterocycles. The van der Waals surface area contributed by atoms with Gasteiger partial charge in [-0.3, -0.25) is 14.9 Å². The first kappa shape index (κ1) is 15.1. The van der Waals surface area contributed by atoms with Crippen LogP contribution in [0.5, 0.6) is 0 Å². The molecule has 0 saturated heterocycles. The van der Waals surface area contributed by atoms with Crippen LogP contribution < -0.4 is 5.32 Å². The number of hydrogen-bond donors (Lipinski definition) is 1. The van der Waals surface area contributed by atoms with Crippen LogP contribution in [0.4, 0.5) is 11.5 Å². The van der Waals surface area contributed by atoms with Crippen LogP contribution in [0.1, 0.15) is 15.9 Å². The third-order valence-electron chi connectivity index (χ3n) is 2.66. The highest BCUT2D eigenvalue weighted by Crippen LogP contribution is 2.26. The van der Waals surface area contributed by atoms with Gasteiger partial charge in [0.2, 0.25) is 0 Å². The fraction of sp³-hybridized carbons (Fsp3) is 0.0833. The van der Waals surface area contributed by atoms with E-state index in [1.165, 1.54) is 18.2 Å². The van der Waals surface area contributed by atoms with E-state index in [-0.39, 0.29) is 27.2 Å². The fourth-order valence-electron chi connectivity index (χ4n) is 1.58. The lowest BCUT2D eigenvalue weighted by Crippen LogP contribution is -2.15. The number of amides is 1. The Hall–Kier alpha value is -2.25. The molecule has 7 nitrogen and oxygen atoms in total. The number of aryl methyl sites for hydroxylation is 1. The van der Waals surface area contributed by atoms with E-state index in [1.54, 1.807) is 6.92 Å². The molecular formula is C12H8Cl2N4O3. The van der Waals surface area contributed by atoms with Crippen molar-refractivity contribution in [1.29, 1.82) is 0 Å². The molecule has 0 radical (unpaired) electrons. The molecule has 0 spiro atoms. The lowest BCUT2D eigenvalue weighted by molar-refractivity contribution is -0.384. The Balaban J connectivity index is 2.34. The fourth-order valence-corrected chi connectivity index (χ4v) is 1.86. The summed E-state index contributed by atoms with van der Waals surface area (Å²) in [5.41, 5.74) is 0.543. The van der Waals surface area contributed by atoms with Gasteiger partial charge in [-0.05, 0) is 12.5 Å². The first-order chi connectivity index (χ1) is 9.90. The molecule has 1 aromatic heterocycles. The summed E-state index contributed by atoms with van der Waals surface area (Å²) < 4.78 is 0. The molecule has 1 aromatic carbocycles. The molecule has 108 valence electrons. The quantitative estimate of drug-likeness (QED) is 0.530. The van der Waals surface area contributed by atoms with Crippen molar-refractivity contribution in [3.05, 3.63) is 55.9 Å². The van der Waals surface area contributed by atoms with Crippen LogP contribution in [-0.4, -0.2) is 20.8 Å². The van der Waals surface area contributed by atoms with Crippen molar-refractivity contribution in [3.63, 3.8) is 0 Å². The van der Waals surface area contributed by atoms with Gasteiger partial charge in [-0.25, -0.2) is 9.97 Å². The highest BCUT2D eigenvalue weighted by molar-refractivity contribution is 6.43. The second-order valence-electron chi connectivity index (χ2n) is 4.04. The number of rotatable bonds is 3. The molecule has 0 bridgehead atoms. The molecule has 0 aliphatic heterocycles. The minimum Gasteiger partial charge on any atom is -0.305 e. The Morgan fingerprint density at radius 1 is 1.33 bits per heavy atom. The summed E-state index contributed by atoms with van der Waals surface area (Å²) in [4.78, 5) is 29.8. The Morgan fingerprint density at radius 2 is 2.05 bits per heavy atom. The van der Waals surface area contributed by atoms with Crippen molar-refractivity contribution in [2.24, 2.45) is 0 Å². The van der Waals surface area contributed by atoms with Gasteiger partial charge in [0.15, 0.2) is 11.0 Å². The number of benzene rings is 1. The van der Waals surface area contributed by atoms with Crippen LogP contribution in [0.3, 0.4) is 0 Å². The number of aromatic nitrogens is 2. The SMILES string of the molecule is Cc1ccc([N+](=O)[O-])cc1C(=O)Nc1ncnc(Cl)c1Cl. The predicted octanol–water partition coefficient (Wildman–Crippen LogP) is 3.25. The molecular weight excluding hydrogens is 319 g/mol. The molecule has 1 N–H and O–H groups in total. The van der Waals surface area contributed by atoms with Crippen molar-refractivity contribution >= 4 is 40.6 Å². The second-order valence-corrected chi connectivity index (χ2v) is 4.77. The number of non-ortho nitro benzene ring substituents is 1. The average Bonchev–Trinajstić information content (AvgIpc) is 2.44. The number of anilines is 1. The maximum atomic E-state index is 12.2. The van der Waals surface area contributed by atoms with Crippen LogP contribution >= 0.6 is 23.2 Å². The molecule has 0 aliphatic carbocycles. The Bertz CT molecular complexity index is 736. The van der Waals surface area contributed by atoms with Gasteiger partial charge < -0.3 is 5.32 Å². The van der Waals surface area contributed by atoms with E-state index in [0.717, 1.165) is 6.33 Å². The van der Waals surface area contributed by atoms with Gasteiger partial charge in [-0.2, -0.15) is 0 Å². The lowest BCUT2D eigenvalue weighted by Gasteiger charge is -2.08. The molecule has 0 saturated carbocycles. The number of nitro benzene ring substituents is 1. The largest absolute Gasteiger partial charge is 0.305 e. The number of nitro groups is 1. The van der Waals surface area contributed by atoms with Crippen LogP contribution in [-0.2, 0) is 0 Å². The highest BCUT2D eigenvalue weighted by atomic mass is 35.5. The molecule has 2 rings (SSSR count). The Kier molecular flexibility index (Phi) is 4.35. The lowest BCUT2D eigenvalue weighted by atomic mass is 10.1. The Labute approximate surface area is 129 Å². The van der Waals surface area contributed by atoms with Crippen molar-refractivity contribution < 1.29 is 9.72 Å². The van der Waals surface area contributed by atoms with E-state index in [2.05, 4.69) is 15.3 Å². The minimum absolute atomic E-state index is 0.00210. The van der Waals surface area contributed by atoms with Crippen molar-refractivity contribution in [2.75, 3.05) is 5.32 Å². The molecule has 2 aromatic rings. The van der Waals surface area contributed by atoms with Crippen LogP contribution in [0.15, 0.2) is 24.5 Å². The van der Waals surface area contributed by atoms with Crippen LogP contribution in [0.25, 0.3) is 0 Å². The molecule has 0 atom stereocenters. The Morgan fingerprint density at radius 3 is 2.71 bits per heavy atom. The smallest absolute Gasteiger partial charge is 0.270 e. The molecule has 0 aliphatic rings. The van der Waals surface area contributed by atoms with Gasteiger partial charge in [-0.1, -0.05) is 29.3 Å². The van der Waals surface area contributed by atoms with E-state index < -0.39 is 10.8 Å². The zero-order valence-electron chi connectivity index (χ0n) is 10.6. The van der Waals surface area contributed by atoms with Gasteiger partial charge in [0, 0.05) is 17.7 Å². The minimum atomic E-state index is -0.579. The highest BCUT2D eigenvalue weighted by Gasteiger charge is 2.17. The van der Waals surface area contributed by atoms with Gasteiger partial charge in [0.25, 0.3) is 11.6 Å². The average molecular weight is 327 g/mol. The van der Waals surface area contributed by atoms with Gasteiger partial charge >= 0.3 is 0 Å². The number of hydrogen-bond acceptors (Lipinski definition) is 5. The number of halogens is 2. The van der Waals surface area contributed by atoms with Crippen molar-refractivity contribution in [2.45, 2.75) is 6.92 Å². The normalized spacial score (nSPS) is 10.2. The summed E-state index contributed by atoms with van der Waals surface area (Å²) in [6, 6.07) is 3.99. The monoisotopic (exact) mass is 326 g/mol. The van der Waals surface area contributed by atoms with Gasteiger partial charge in [0.05, 0.1) is 4.92 Å². The molecule has 0 fully saturated rings. The van der Waals surface area contributed by atoms with Crippen molar-refractivity contribution in [1.82, 2.24) is 9.97 Å². The third kappa shape index (κ3) is 3.26. The van der Waals surface area contributed by atoms with Gasteiger partial charge in [0.1, 0.15) is 11.3 Å². The number of nitrogens with zero attached hydrogens (tertiary/aromatic N) is 3. The predicted molar refractivity (Wildman–Crippen MR) is 77.8 cm³/mol. The topological polar surface area (TPSA) is 98.0 Å². The van der Waals surface area contributed by atoms with E-state index in [9.17, 15) is 14.9 Å². The van der Waals surface area contributed by atoms with E-state index in [4.69, 9.17) is 23.2 Å². The maximum Gasteiger partial charge on any atom is 0.270 e. The second kappa shape index (κ2) is 6.02. The summed E-state index contributed by atoms with van der Waals surface area (Å²) in [6.07, 6.45) is 1.14. The first-order valence-corrected chi connectivity index (χ1v) is 6.38. The summed E-state index contributed by atoms with van der Waals surface area (Å²) >= 11 is 11.6. The summed E-state index contributed by atoms with van der Waals surface area (Å²) in [7, 11) is 0. The maximum absolute atomic E-state index is 12.2. The van der Waals surface area contributed by atoms with E-state index in [1.807, 2.05) is 0 Å². The van der Waals surface area contributed by atoms with Crippen LogP contribution in [0.2, 0.25) is 10.2 Å². The molecule has 0 unspecified atom stereocenters. The first-order valence-electron chi connectivity index (χ1n) is 5.62. The molecule has 9 heteroatoms. The summed E-state index contributed by atoms with van der Waals surface area (Å²) in [5.74, 6) is -0.541. The number of nitrogens with one attached hydrogen (secondary N) is 1. The van der Waals surface area contributed by atoms with E-state index in [0.29, 0.717) is 5.56 Å². The molecule has 21 heavy (non-hydrogen) atoms. The zero-order valence-corrected chi connectivity index (χ0v) is 12.1.